The summed E-state index contributed by atoms with van der Waals surface area (Å²) in [7, 11) is 0. The predicted octanol–water partition coefficient (Wildman–Crippen LogP) is 4.19. The first-order chi connectivity index (χ1) is 8.16. The van der Waals surface area contributed by atoms with E-state index < -0.39 is 5.41 Å². The molecule has 1 N–H and O–H groups in total. The summed E-state index contributed by atoms with van der Waals surface area (Å²) in [6, 6.07) is 7.96. The van der Waals surface area contributed by atoms with Gasteiger partial charge >= 0.3 is 0 Å². The predicted molar refractivity (Wildman–Crippen MR) is 78.3 cm³/mol. The average Bonchev–Trinajstić information content (AvgIpc) is 2.28. The highest BCUT2D eigenvalue weighted by Gasteiger charge is 2.26. The van der Waals surface area contributed by atoms with Crippen LogP contribution in [0.1, 0.15) is 40.2 Å². The van der Waals surface area contributed by atoms with Crippen LogP contribution in [0.5, 0.6) is 0 Å². The maximum absolute atomic E-state index is 12.0. The lowest BCUT2D eigenvalue weighted by molar-refractivity contribution is -0.122. The second-order valence-corrected chi connectivity index (χ2v) is 6.57. The second-order valence-electron chi connectivity index (χ2n) is 6.30. The number of rotatable bonds is 3. The molecule has 100 valence electrons. The van der Waals surface area contributed by atoms with E-state index in [0.717, 1.165) is 5.69 Å². The smallest absolute Gasteiger partial charge is 0.231 e. The molecule has 0 fully saturated rings. The summed E-state index contributed by atoms with van der Waals surface area (Å²) in [6.45, 7) is 10.2. The lowest BCUT2D eigenvalue weighted by Crippen LogP contribution is -2.32. The standard InChI is InChI=1S/C15H22ClNO/c1-14(2,3)11-6-8-12(9-7-11)17-13(18)15(4,5)10-16/h6-9H,10H2,1-5H3,(H,17,18). The van der Waals surface area contributed by atoms with Gasteiger partial charge in [0, 0.05) is 11.6 Å². The Labute approximate surface area is 115 Å². The maximum Gasteiger partial charge on any atom is 0.231 e. The van der Waals surface area contributed by atoms with Crippen LogP contribution < -0.4 is 5.32 Å². The van der Waals surface area contributed by atoms with E-state index in [2.05, 4.69) is 26.1 Å². The zero-order valence-electron chi connectivity index (χ0n) is 11.8. The zero-order chi connectivity index (χ0) is 14.0. The van der Waals surface area contributed by atoms with Gasteiger partial charge in [-0.05, 0) is 37.0 Å². The number of carbonyl (C=O) groups excluding carboxylic acids is 1. The van der Waals surface area contributed by atoms with E-state index >= 15 is 0 Å². The molecule has 18 heavy (non-hydrogen) atoms. The molecule has 0 atom stereocenters. The van der Waals surface area contributed by atoms with Gasteiger partial charge in [-0.3, -0.25) is 4.79 Å². The Morgan fingerprint density at radius 1 is 1.11 bits per heavy atom. The van der Waals surface area contributed by atoms with E-state index in [9.17, 15) is 4.79 Å². The van der Waals surface area contributed by atoms with Crippen LogP contribution in [0.4, 0.5) is 5.69 Å². The fourth-order valence-electron chi connectivity index (χ4n) is 1.41. The number of benzene rings is 1. The van der Waals surface area contributed by atoms with Crippen LogP contribution in [0.2, 0.25) is 0 Å². The first kappa shape index (κ1) is 15.0. The Morgan fingerprint density at radius 2 is 1.61 bits per heavy atom. The largest absolute Gasteiger partial charge is 0.326 e. The summed E-state index contributed by atoms with van der Waals surface area (Å²) in [5.41, 5.74) is 1.63. The molecule has 0 aliphatic heterocycles. The van der Waals surface area contributed by atoms with Crippen LogP contribution in [0.15, 0.2) is 24.3 Å². The normalized spacial score (nSPS) is 12.3. The molecule has 0 bridgehead atoms. The molecule has 0 aliphatic carbocycles. The first-order valence-corrected chi connectivity index (χ1v) is 6.68. The highest BCUT2D eigenvalue weighted by molar-refractivity contribution is 6.20. The van der Waals surface area contributed by atoms with Gasteiger partial charge < -0.3 is 5.32 Å². The van der Waals surface area contributed by atoms with Gasteiger partial charge in [0.05, 0.1) is 5.41 Å². The summed E-state index contributed by atoms with van der Waals surface area (Å²) in [5.74, 6) is 0.250. The van der Waals surface area contributed by atoms with Crippen molar-refractivity contribution in [1.29, 1.82) is 0 Å². The van der Waals surface area contributed by atoms with Gasteiger partial charge in [-0.1, -0.05) is 32.9 Å². The van der Waals surface area contributed by atoms with Crippen molar-refractivity contribution in [2.75, 3.05) is 11.2 Å². The van der Waals surface area contributed by atoms with Gasteiger partial charge in [0.2, 0.25) is 5.91 Å². The molecule has 0 radical (unpaired) electrons. The average molecular weight is 268 g/mol. The summed E-state index contributed by atoms with van der Waals surface area (Å²) < 4.78 is 0. The Kier molecular flexibility index (Phi) is 4.44. The van der Waals surface area contributed by atoms with Gasteiger partial charge in [-0.25, -0.2) is 0 Å². The highest BCUT2D eigenvalue weighted by atomic mass is 35.5. The van der Waals surface area contributed by atoms with Crippen molar-refractivity contribution in [2.45, 2.75) is 40.0 Å². The van der Waals surface area contributed by atoms with Crippen LogP contribution in [-0.4, -0.2) is 11.8 Å². The zero-order valence-corrected chi connectivity index (χ0v) is 12.6. The molecule has 1 rings (SSSR count). The van der Waals surface area contributed by atoms with Crippen LogP contribution in [0.25, 0.3) is 0 Å². The first-order valence-electron chi connectivity index (χ1n) is 6.15. The van der Waals surface area contributed by atoms with Crippen molar-refractivity contribution in [3.63, 3.8) is 0 Å². The molecule has 0 aromatic heterocycles. The van der Waals surface area contributed by atoms with E-state index in [1.807, 2.05) is 38.1 Å². The van der Waals surface area contributed by atoms with Gasteiger partial charge in [-0.15, -0.1) is 11.6 Å². The third-order valence-electron chi connectivity index (χ3n) is 2.96. The van der Waals surface area contributed by atoms with E-state index in [1.165, 1.54) is 5.56 Å². The minimum Gasteiger partial charge on any atom is -0.326 e. The molecule has 1 amide bonds. The van der Waals surface area contributed by atoms with E-state index in [1.54, 1.807) is 0 Å². The third kappa shape index (κ3) is 3.74. The van der Waals surface area contributed by atoms with E-state index in [-0.39, 0.29) is 11.3 Å². The van der Waals surface area contributed by atoms with Crippen LogP contribution >= 0.6 is 11.6 Å². The molecule has 0 saturated carbocycles. The number of amides is 1. The minimum atomic E-state index is -0.551. The van der Waals surface area contributed by atoms with Crippen LogP contribution in [-0.2, 0) is 10.2 Å². The number of hydrogen-bond donors (Lipinski definition) is 1. The number of alkyl halides is 1. The number of halogens is 1. The van der Waals surface area contributed by atoms with Crippen molar-refractivity contribution in [2.24, 2.45) is 5.41 Å². The van der Waals surface area contributed by atoms with Crippen molar-refractivity contribution in [1.82, 2.24) is 0 Å². The summed E-state index contributed by atoms with van der Waals surface area (Å²) in [6.07, 6.45) is 0. The number of carbonyl (C=O) groups is 1. The Morgan fingerprint density at radius 3 is 2.00 bits per heavy atom. The van der Waals surface area contributed by atoms with E-state index in [4.69, 9.17) is 11.6 Å². The highest BCUT2D eigenvalue weighted by Crippen LogP contribution is 2.25. The molecule has 1 aromatic carbocycles. The molecule has 0 heterocycles. The lowest BCUT2D eigenvalue weighted by atomic mass is 9.87. The van der Waals surface area contributed by atoms with Crippen molar-refractivity contribution < 1.29 is 4.79 Å². The molecular weight excluding hydrogens is 246 g/mol. The Hall–Kier alpha value is -1.02. The fraction of sp³-hybridized carbons (Fsp3) is 0.533. The maximum atomic E-state index is 12.0. The topological polar surface area (TPSA) is 29.1 Å². The van der Waals surface area contributed by atoms with Crippen molar-refractivity contribution >= 4 is 23.2 Å². The second kappa shape index (κ2) is 5.31. The number of anilines is 1. The number of nitrogens with one attached hydrogen (secondary N) is 1. The summed E-state index contributed by atoms with van der Waals surface area (Å²) in [4.78, 5) is 12.0. The van der Waals surface area contributed by atoms with Gasteiger partial charge in [0.1, 0.15) is 0 Å². The molecule has 3 heteroatoms. The van der Waals surface area contributed by atoms with Crippen molar-refractivity contribution in [3.05, 3.63) is 29.8 Å². The van der Waals surface area contributed by atoms with Crippen LogP contribution in [0.3, 0.4) is 0 Å². The summed E-state index contributed by atoms with van der Waals surface area (Å²) in [5, 5.41) is 2.89. The van der Waals surface area contributed by atoms with E-state index in [0.29, 0.717) is 5.88 Å². The Bertz CT molecular complexity index is 415. The fourth-order valence-corrected chi connectivity index (χ4v) is 1.54. The monoisotopic (exact) mass is 267 g/mol. The third-order valence-corrected chi connectivity index (χ3v) is 3.63. The number of hydrogen-bond acceptors (Lipinski definition) is 1. The summed E-state index contributed by atoms with van der Waals surface area (Å²) >= 11 is 5.78. The molecular formula is C15H22ClNO. The van der Waals surface area contributed by atoms with Gasteiger partial charge in [0.15, 0.2) is 0 Å². The lowest BCUT2D eigenvalue weighted by Gasteiger charge is -2.22. The quantitative estimate of drug-likeness (QED) is 0.818. The Balaban J connectivity index is 2.79. The molecule has 0 spiro atoms. The molecule has 2 nitrogen and oxygen atoms in total. The van der Waals surface area contributed by atoms with Crippen LogP contribution in [0, 0.1) is 5.41 Å². The molecule has 0 unspecified atom stereocenters. The van der Waals surface area contributed by atoms with Crippen molar-refractivity contribution in [3.8, 4) is 0 Å². The SMILES string of the molecule is CC(C)(CCl)C(=O)Nc1ccc(C(C)(C)C)cc1. The van der Waals surface area contributed by atoms with Gasteiger partial charge in [0.25, 0.3) is 0 Å². The molecule has 1 aromatic rings. The minimum absolute atomic E-state index is 0.0546. The molecule has 0 aliphatic rings. The van der Waals surface area contributed by atoms with Gasteiger partial charge in [-0.2, -0.15) is 0 Å². The molecule has 0 saturated heterocycles.